The van der Waals surface area contributed by atoms with E-state index in [-0.39, 0.29) is 36.6 Å². The second-order valence-electron chi connectivity index (χ2n) is 6.31. The van der Waals surface area contributed by atoms with Gasteiger partial charge in [0.15, 0.2) is 0 Å². The molecule has 1 aromatic carbocycles. The Morgan fingerprint density at radius 3 is 2.83 bits per heavy atom. The summed E-state index contributed by atoms with van der Waals surface area (Å²) >= 11 is 0. The van der Waals surface area contributed by atoms with Gasteiger partial charge in [0.05, 0.1) is 5.92 Å². The summed E-state index contributed by atoms with van der Waals surface area (Å²) in [6, 6.07) is 7.69. The van der Waals surface area contributed by atoms with E-state index in [2.05, 4.69) is 15.3 Å². The van der Waals surface area contributed by atoms with Crippen molar-refractivity contribution in [2.75, 3.05) is 5.32 Å². The van der Waals surface area contributed by atoms with Gasteiger partial charge in [0, 0.05) is 29.2 Å². The highest BCUT2D eigenvalue weighted by molar-refractivity contribution is 5.94. The van der Waals surface area contributed by atoms with Crippen LogP contribution in [0.15, 0.2) is 36.7 Å². The van der Waals surface area contributed by atoms with E-state index in [0.717, 1.165) is 42.8 Å². The number of rotatable bonds is 3. The number of carbonyl (C=O) groups is 1. The lowest BCUT2D eigenvalue weighted by molar-refractivity contribution is -0.122. The number of H-pyrrole nitrogens is 1. The van der Waals surface area contributed by atoms with Crippen molar-refractivity contribution in [2.24, 2.45) is 11.7 Å². The number of carbonyl (C=O) groups excluding carboxylic acids is 1. The summed E-state index contributed by atoms with van der Waals surface area (Å²) < 4.78 is 0. The van der Waals surface area contributed by atoms with Crippen LogP contribution in [0.3, 0.4) is 0 Å². The highest BCUT2D eigenvalue weighted by atomic mass is 35.5. The van der Waals surface area contributed by atoms with E-state index in [1.807, 2.05) is 31.2 Å². The van der Waals surface area contributed by atoms with Crippen LogP contribution < -0.4 is 11.1 Å². The number of anilines is 1. The third-order valence-electron chi connectivity index (χ3n) is 4.47. The second kappa shape index (κ2) is 8.51. The van der Waals surface area contributed by atoms with E-state index in [9.17, 15) is 4.79 Å². The average molecular weight is 371 g/mol. The zero-order valence-corrected chi connectivity index (χ0v) is 15.3. The molecule has 0 spiro atoms. The third-order valence-corrected chi connectivity index (χ3v) is 4.47. The fraction of sp³-hybridized carbons (Fsp3) is 0.412. The maximum Gasteiger partial charge on any atom is 0.229 e. The number of amides is 1. The zero-order valence-electron chi connectivity index (χ0n) is 13.6. The van der Waals surface area contributed by atoms with Crippen LogP contribution in [0.2, 0.25) is 0 Å². The number of halogens is 2. The van der Waals surface area contributed by atoms with E-state index < -0.39 is 5.54 Å². The summed E-state index contributed by atoms with van der Waals surface area (Å²) in [6.07, 6.45) is 7.42. The summed E-state index contributed by atoms with van der Waals surface area (Å²) in [7, 11) is 0. The normalized spacial score (nSPS) is 22.8. The molecule has 1 saturated carbocycles. The van der Waals surface area contributed by atoms with Crippen molar-refractivity contribution in [1.82, 2.24) is 9.97 Å². The Labute approximate surface area is 154 Å². The van der Waals surface area contributed by atoms with Crippen LogP contribution in [-0.2, 0) is 4.79 Å². The van der Waals surface area contributed by atoms with Gasteiger partial charge in [-0.2, -0.15) is 0 Å². The van der Waals surface area contributed by atoms with Crippen LogP contribution >= 0.6 is 24.8 Å². The number of nitrogens with two attached hydrogens (primary N) is 1. The Kier molecular flexibility index (Phi) is 7.27. The number of hydrogen-bond donors (Lipinski definition) is 3. The molecular weight excluding hydrogens is 347 g/mol. The van der Waals surface area contributed by atoms with E-state index in [1.165, 1.54) is 0 Å². The first kappa shape index (κ1) is 20.5. The SMILES string of the molecule is CC1(N)CCCCC1C(=O)Nc1cccc(-c2ncc[nH]2)c1.Cl.Cl. The Hall–Kier alpha value is -1.56. The summed E-state index contributed by atoms with van der Waals surface area (Å²) in [5.74, 6) is 0.673. The van der Waals surface area contributed by atoms with Crippen LogP contribution in [0.1, 0.15) is 32.6 Å². The fourth-order valence-electron chi connectivity index (χ4n) is 3.19. The van der Waals surface area contributed by atoms with Gasteiger partial charge < -0.3 is 16.0 Å². The first-order valence-electron chi connectivity index (χ1n) is 7.76. The second-order valence-corrected chi connectivity index (χ2v) is 6.31. The molecule has 5 nitrogen and oxygen atoms in total. The number of imidazole rings is 1. The maximum absolute atomic E-state index is 12.6. The number of benzene rings is 1. The van der Waals surface area contributed by atoms with Gasteiger partial charge in [-0.25, -0.2) is 4.98 Å². The molecule has 24 heavy (non-hydrogen) atoms. The molecule has 0 saturated heterocycles. The molecule has 1 aliphatic carbocycles. The third kappa shape index (κ3) is 4.50. The van der Waals surface area contributed by atoms with Crippen molar-refractivity contribution in [3.8, 4) is 11.4 Å². The average Bonchev–Trinajstić information content (AvgIpc) is 3.01. The van der Waals surface area contributed by atoms with Crippen molar-refractivity contribution in [3.63, 3.8) is 0 Å². The van der Waals surface area contributed by atoms with Crippen molar-refractivity contribution in [2.45, 2.75) is 38.1 Å². The molecule has 2 unspecified atom stereocenters. The van der Waals surface area contributed by atoms with Crippen molar-refractivity contribution in [1.29, 1.82) is 0 Å². The fourth-order valence-corrected chi connectivity index (χ4v) is 3.19. The Balaban J connectivity index is 0.00000144. The minimum absolute atomic E-state index is 0. The zero-order chi connectivity index (χ0) is 15.6. The van der Waals surface area contributed by atoms with Gasteiger partial charge >= 0.3 is 0 Å². The lowest BCUT2D eigenvalue weighted by atomic mass is 9.74. The lowest BCUT2D eigenvalue weighted by Crippen LogP contribution is -2.51. The Bertz CT molecular complexity index is 658. The molecule has 1 heterocycles. The highest BCUT2D eigenvalue weighted by Gasteiger charge is 2.37. The monoisotopic (exact) mass is 370 g/mol. The first-order valence-corrected chi connectivity index (χ1v) is 7.76. The van der Waals surface area contributed by atoms with Gasteiger partial charge in [0.2, 0.25) is 5.91 Å². The summed E-state index contributed by atoms with van der Waals surface area (Å²) in [5, 5.41) is 3.01. The molecule has 1 aliphatic rings. The quantitative estimate of drug-likeness (QED) is 0.768. The smallest absolute Gasteiger partial charge is 0.229 e. The molecule has 3 rings (SSSR count). The van der Waals surface area contributed by atoms with Gasteiger partial charge in [-0.15, -0.1) is 24.8 Å². The predicted octanol–water partition coefficient (Wildman–Crippen LogP) is 3.77. The maximum atomic E-state index is 12.6. The number of hydrogen-bond acceptors (Lipinski definition) is 3. The van der Waals surface area contributed by atoms with Crippen molar-refractivity contribution < 1.29 is 4.79 Å². The minimum atomic E-state index is -0.416. The Morgan fingerprint density at radius 1 is 1.38 bits per heavy atom. The molecular formula is C17H24Cl2N4O. The summed E-state index contributed by atoms with van der Waals surface area (Å²) in [4.78, 5) is 19.9. The summed E-state index contributed by atoms with van der Waals surface area (Å²) in [6.45, 7) is 1.98. The highest BCUT2D eigenvalue weighted by Crippen LogP contribution is 2.32. The summed E-state index contributed by atoms with van der Waals surface area (Å²) in [5.41, 5.74) is 7.62. The molecule has 1 aromatic heterocycles. The molecule has 1 amide bonds. The van der Waals surface area contributed by atoms with Gasteiger partial charge in [-0.1, -0.05) is 25.0 Å². The van der Waals surface area contributed by atoms with Crippen LogP contribution in [0.4, 0.5) is 5.69 Å². The van der Waals surface area contributed by atoms with Gasteiger partial charge in [0.1, 0.15) is 5.82 Å². The molecule has 0 aliphatic heterocycles. The lowest BCUT2D eigenvalue weighted by Gasteiger charge is -2.37. The number of aromatic nitrogens is 2. The minimum Gasteiger partial charge on any atom is -0.345 e. The molecule has 2 atom stereocenters. The number of nitrogens with zero attached hydrogens (tertiary/aromatic N) is 1. The van der Waals surface area contributed by atoms with Crippen LogP contribution in [-0.4, -0.2) is 21.4 Å². The molecule has 2 aromatic rings. The van der Waals surface area contributed by atoms with Gasteiger partial charge in [0.25, 0.3) is 0 Å². The number of nitrogens with one attached hydrogen (secondary N) is 2. The van der Waals surface area contributed by atoms with Gasteiger partial charge in [-0.3, -0.25) is 4.79 Å². The first-order chi connectivity index (χ1) is 10.6. The molecule has 7 heteroatoms. The largest absolute Gasteiger partial charge is 0.345 e. The van der Waals surface area contributed by atoms with Crippen LogP contribution in [0.5, 0.6) is 0 Å². The predicted molar refractivity (Wildman–Crippen MR) is 102 cm³/mol. The van der Waals surface area contributed by atoms with E-state index in [1.54, 1.807) is 12.4 Å². The Morgan fingerprint density at radius 2 is 2.17 bits per heavy atom. The molecule has 0 radical (unpaired) electrons. The molecule has 132 valence electrons. The van der Waals surface area contributed by atoms with E-state index in [0.29, 0.717) is 0 Å². The van der Waals surface area contributed by atoms with E-state index >= 15 is 0 Å². The van der Waals surface area contributed by atoms with Crippen LogP contribution in [0, 0.1) is 5.92 Å². The molecule has 0 bridgehead atoms. The molecule has 1 fully saturated rings. The topological polar surface area (TPSA) is 83.8 Å². The van der Waals surface area contributed by atoms with Gasteiger partial charge in [-0.05, 0) is 31.9 Å². The van der Waals surface area contributed by atoms with Crippen molar-refractivity contribution >= 4 is 36.4 Å². The number of aromatic amines is 1. The van der Waals surface area contributed by atoms with Crippen molar-refractivity contribution in [3.05, 3.63) is 36.7 Å². The molecule has 4 N–H and O–H groups in total. The van der Waals surface area contributed by atoms with Crippen LogP contribution in [0.25, 0.3) is 11.4 Å². The standard InChI is InChI=1S/C17H22N4O.2ClH/c1-17(18)8-3-2-7-14(17)16(22)21-13-6-4-5-12(11-13)15-19-9-10-20-15;;/h4-6,9-11,14H,2-3,7-8,18H2,1H3,(H,19,20)(H,21,22);2*1H. The van der Waals surface area contributed by atoms with E-state index in [4.69, 9.17) is 5.73 Å².